The number of azo groups is 3. The molecule has 7 N–H and O–H groups in total. The molecule has 0 saturated carbocycles. The van der Waals surface area contributed by atoms with Crippen LogP contribution in [-0.2, 0) is 45.2 Å². The second-order valence-electron chi connectivity index (χ2n) is 14.3. The van der Waals surface area contributed by atoms with Crippen molar-refractivity contribution in [1.29, 1.82) is 0 Å². The van der Waals surface area contributed by atoms with E-state index >= 15 is 0 Å². The highest BCUT2D eigenvalue weighted by Crippen LogP contribution is 2.47. The number of rotatable bonds is 18. The molecule has 6 rings (SSSR count). The highest BCUT2D eigenvalue weighted by molar-refractivity contribution is 7.86. The summed E-state index contributed by atoms with van der Waals surface area (Å²) in [5.41, 5.74) is -3.61. The van der Waals surface area contributed by atoms with Crippen molar-refractivity contribution in [3.8, 4) is 23.1 Å². The van der Waals surface area contributed by atoms with Gasteiger partial charge in [-0.15, -0.1) is 30.7 Å². The largest absolute Gasteiger partial charge is 0.505 e. The van der Waals surface area contributed by atoms with Crippen LogP contribution in [-0.4, -0.2) is 107 Å². The summed E-state index contributed by atoms with van der Waals surface area (Å²) in [4.78, 5) is 13.4. The van der Waals surface area contributed by atoms with Gasteiger partial charge in [-0.25, -0.2) is 9.78 Å². The van der Waals surface area contributed by atoms with Gasteiger partial charge in [0.1, 0.15) is 38.4 Å². The fourth-order valence-corrected chi connectivity index (χ4v) is 9.49. The second-order valence-corrected chi connectivity index (χ2v) is 21.0. The van der Waals surface area contributed by atoms with E-state index in [0.717, 1.165) is 47.7 Å². The molecule has 71 heavy (non-hydrogen) atoms. The number of aryl methyl sites for hydroxylation is 1. The van der Waals surface area contributed by atoms with E-state index in [1.807, 2.05) is 0 Å². The summed E-state index contributed by atoms with van der Waals surface area (Å²) < 4.78 is 149. The minimum absolute atomic E-state index is 0.158. The molecule has 0 aliphatic carbocycles. The van der Waals surface area contributed by atoms with Gasteiger partial charge in [0.25, 0.3) is 40.5 Å². The van der Waals surface area contributed by atoms with Gasteiger partial charge in [-0.3, -0.25) is 18.2 Å². The normalized spacial score (nSPS) is 13.3. The molecule has 0 saturated heterocycles. The number of thiazole rings is 1. The number of carboxylic acids is 1. The number of hydrogen-bond donors (Lipinski definition) is 7. The fraction of sp³-hybridized carbons (Fsp3) is 0.154. The standard InChI is InChI=1S/C39H35N9O18S5/c1-5-25-30(16-20(3)65-4)67-39(40-25)46-42-27-18-29(66-13-6-14-68(53,54)55)28(15-19(27)2)43-44-32-31(70(59,60)61)17-24-23(35(32)49)11-12-26(36(24)71(62,63)64)41-45-33-34(38(51)52)47-48(37(33)50)21-7-9-22(10-8-21)69(56,57)58/h5,7-12,15-18,49-50H,3,6,13-14H2,1-2,4H3,(H,51,52)(H,53,54,55)(H,56,57,58)(H,59,60,61)(H,62,63,64)/b25-5+,30-16+,44-43?,45-41?,46-42?. The van der Waals surface area contributed by atoms with Crippen LogP contribution in [0.3, 0.4) is 0 Å². The first-order chi connectivity index (χ1) is 33.1. The first kappa shape index (κ1) is 52.9. The molecule has 2 aromatic heterocycles. The molecule has 32 heteroatoms. The molecule has 0 aliphatic rings. The minimum atomic E-state index is -5.53. The Morgan fingerprint density at radius 1 is 0.803 bits per heavy atom. The molecular weight excluding hydrogens is 1040 g/mol. The number of fused-ring (bicyclic) bond motifs is 1. The molecule has 0 aliphatic heterocycles. The van der Waals surface area contributed by atoms with Gasteiger partial charge in [-0.05, 0) is 80.4 Å². The number of allylic oxidation sites excluding steroid dienone is 1. The highest BCUT2D eigenvalue weighted by atomic mass is 32.2. The van der Waals surface area contributed by atoms with Crippen LogP contribution in [0.1, 0.15) is 29.4 Å². The molecule has 0 atom stereocenters. The van der Waals surface area contributed by atoms with E-state index in [9.17, 15) is 72.0 Å². The SMILES string of the molecule is C=C(/C=c1/sc(N=Nc2cc(OCCCS(=O)(=O)O)c(N=Nc3c(S(=O)(=O)O)cc4c(S(=O)(=O)O)c(N=Nc5c(C(=O)O)nn(-c6ccc(S(=O)(=O)O)cc6)c5O)ccc4c3O)cc2C)n/c1=C/C)OC. The molecule has 6 aromatic rings. The monoisotopic (exact) mass is 1080 g/mol. The van der Waals surface area contributed by atoms with Gasteiger partial charge in [-0.2, -0.15) is 43.5 Å². The Balaban J connectivity index is 1.46. The van der Waals surface area contributed by atoms with E-state index in [2.05, 4.69) is 47.3 Å². The predicted molar refractivity (Wildman–Crippen MR) is 250 cm³/mol. The van der Waals surface area contributed by atoms with Gasteiger partial charge in [0.05, 0.1) is 45.6 Å². The predicted octanol–water partition coefficient (Wildman–Crippen LogP) is 6.28. The van der Waals surface area contributed by atoms with Crippen LogP contribution in [0.15, 0.2) is 112 Å². The Kier molecular flexibility index (Phi) is 15.3. The van der Waals surface area contributed by atoms with Crippen LogP contribution in [0.5, 0.6) is 17.4 Å². The van der Waals surface area contributed by atoms with Gasteiger partial charge >= 0.3 is 5.97 Å². The van der Waals surface area contributed by atoms with Crippen molar-refractivity contribution >= 4 is 114 Å². The third-order valence-corrected chi connectivity index (χ3v) is 13.8. The summed E-state index contributed by atoms with van der Waals surface area (Å²) >= 11 is 1.15. The molecule has 0 bridgehead atoms. The van der Waals surface area contributed by atoms with E-state index in [0.29, 0.717) is 32.0 Å². The number of phenols is 1. The van der Waals surface area contributed by atoms with Gasteiger partial charge in [0.2, 0.25) is 16.7 Å². The van der Waals surface area contributed by atoms with Crippen LogP contribution in [0.4, 0.5) is 33.6 Å². The third-order valence-electron chi connectivity index (χ3n) is 9.46. The Bertz CT molecular complexity index is 3850. The van der Waals surface area contributed by atoms with Gasteiger partial charge in [0, 0.05) is 16.8 Å². The highest BCUT2D eigenvalue weighted by Gasteiger charge is 2.29. The Labute approximate surface area is 404 Å². The number of carbonyl (C=O) groups is 1. The number of aromatic hydroxyl groups is 2. The number of benzene rings is 4. The molecule has 0 amide bonds. The van der Waals surface area contributed by atoms with E-state index in [4.69, 9.17) is 9.47 Å². The quantitative estimate of drug-likeness (QED) is 0.0215. The van der Waals surface area contributed by atoms with Crippen LogP contribution in [0, 0.1) is 6.92 Å². The van der Waals surface area contributed by atoms with Crippen LogP contribution >= 0.6 is 11.3 Å². The average molecular weight is 1080 g/mol. The third kappa shape index (κ3) is 12.3. The zero-order valence-electron chi connectivity index (χ0n) is 36.4. The summed E-state index contributed by atoms with van der Waals surface area (Å²) in [5, 5.41) is 58.9. The maximum atomic E-state index is 13.0. The zero-order valence-corrected chi connectivity index (χ0v) is 40.4. The first-order valence-electron chi connectivity index (χ1n) is 19.4. The lowest BCUT2D eigenvalue weighted by atomic mass is 10.1. The van der Waals surface area contributed by atoms with E-state index < -0.39 is 112 Å². The molecule has 4 aromatic carbocycles. The van der Waals surface area contributed by atoms with E-state index in [-0.39, 0.29) is 41.0 Å². The summed E-state index contributed by atoms with van der Waals surface area (Å²) in [7, 11) is -18.6. The van der Waals surface area contributed by atoms with Gasteiger partial charge in [0.15, 0.2) is 11.4 Å². The maximum absolute atomic E-state index is 13.0. The topological polar surface area (TPSA) is 419 Å². The lowest BCUT2D eigenvalue weighted by Gasteiger charge is -2.13. The van der Waals surface area contributed by atoms with Crippen LogP contribution < -0.4 is 14.6 Å². The van der Waals surface area contributed by atoms with Gasteiger partial charge in [-0.1, -0.05) is 24.0 Å². The average Bonchev–Trinajstić information content (AvgIpc) is 3.83. The number of ether oxygens (including phenoxy) is 2. The lowest BCUT2D eigenvalue weighted by Crippen LogP contribution is -2.20. The summed E-state index contributed by atoms with van der Waals surface area (Å²) in [6.45, 7) is 6.72. The Morgan fingerprint density at radius 3 is 2.04 bits per heavy atom. The number of methoxy groups -OCH3 is 1. The Morgan fingerprint density at radius 2 is 1.45 bits per heavy atom. The summed E-state index contributed by atoms with van der Waals surface area (Å²) in [5.74, 6) is -4.51. The fourth-order valence-electron chi connectivity index (χ4n) is 6.18. The minimum Gasteiger partial charge on any atom is -0.505 e. The van der Waals surface area contributed by atoms with Crippen molar-refractivity contribution in [2.75, 3.05) is 19.5 Å². The lowest BCUT2D eigenvalue weighted by molar-refractivity contribution is 0.0690. The molecule has 0 radical (unpaired) electrons. The van der Waals surface area contributed by atoms with Crippen molar-refractivity contribution in [3.05, 3.63) is 88.1 Å². The molecule has 374 valence electrons. The van der Waals surface area contributed by atoms with Crippen molar-refractivity contribution in [2.45, 2.75) is 35.0 Å². The number of hydrogen-bond acceptors (Lipinski definition) is 22. The van der Waals surface area contributed by atoms with Crippen molar-refractivity contribution in [2.24, 2.45) is 30.7 Å². The van der Waals surface area contributed by atoms with Crippen molar-refractivity contribution in [3.63, 3.8) is 0 Å². The summed E-state index contributed by atoms with van der Waals surface area (Å²) in [6.07, 6.45) is 3.13. The number of aromatic carboxylic acids is 1. The number of carboxylic acid groups (broad SMARTS) is 1. The van der Waals surface area contributed by atoms with Gasteiger partial charge < -0.3 is 24.8 Å². The van der Waals surface area contributed by atoms with Crippen LogP contribution in [0.25, 0.3) is 28.6 Å². The first-order valence-corrected chi connectivity index (χ1v) is 26.1. The molecule has 0 unspecified atom stereocenters. The van der Waals surface area contributed by atoms with E-state index in [1.165, 1.54) is 19.2 Å². The number of aromatic nitrogens is 3. The molecule has 0 spiro atoms. The zero-order chi connectivity index (χ0) is 52.4. The van der Waals surface area contributed by atoms with E-state index in [1.54, 1.807) is 26.0 Å². The van der Waals surface area contributed by atoms with Crippen molar-refractivity contribution in [1.82, 2.24) is 14.8 Å². The number of nitrogens with zero attached hydrogens (tertiary/aromatic N) is 9. The smallest absolute Gasteiger partial charge is 0.358 e. The maximum Gasteiger partial charge on any atom is 0.358 e. The molecule has 27 nitrogen and oxygen atoms in total. The molecule has 2 heterocycles. The second kappa shape index (κ2) is 20.5. The van der Waals surface area contributed by atoms with Crippen LogP contribution in [0.2, 0.25) is 0 Å². The Hall–Kier alpha value is -7.43. The number of phenolic OH excluding ortho intramolecular Hbond substituents is 1. The summed E-state index contributed by atoms with van der Waals surface area (Å²) in [6, 6.07) is 8.68. The van der Waals surface area contributed by atoms with Crippen molar-refractivity contribution < 1.29 is 81.5 Å². The molecular formula is C39H35N9O18S5. The molecule has 0 fully saturated rings.